The van der Waals surface area contributed by atoms with Gasteiger partial charge in [0.1, 0.15) is 0 Å². The van der Waals surface area contributed by atoms with Crippen LogP contribution in [0.4, 0.5) is 5.69 Å². The van der Waals surface area contributed by atoms with Crippen LogP contribution in [0.15, 0.2) is 24.3 Å². The van der Waals surface area contributed by atoms with E-state index in [0.717, 1.165) is 26.1 Å². The molecule has 19 heavy (non-hydrogen) atoms. The van der Waals surface area contributed by atoms with Crippen LogP contribution < -0.4 is 11.1 Å². The highest BCUT2D eigenvalue weighted by atomic mass is 16.5. The first-order valence-corrected chi connectivity index (χ1v) is 6.45. The molecule has 106 valence electrons. The van der Waals surface area contributed by atoms with Gasteiger partial charge >= 0.3 is 0 Å². The number of anilines is 1. The summed E-state index contributed by atoms with van der Waals surface area (Å²) in [4.78, 5) is 14.0. The monoisotopic (exact) mass is 265 g/mol. The molecule has 1 aromatic carbocycles. The minimum Gasteiger partial charge on any atom is -0.398 e. The van der Waals surface area contributed by atoms with Crippen molar-refractivity contribution in [2.24, 2.45) is 0 Å². The average Bonchev–Trinajstić information content (AvgIpc) is 2.39. The minimum atomic E-state index is -0.122. The molecule has 0 saturated carbocycles. The molecule has 0 unspecified atom stereocenters. The Morgan fingerprint density at radius 1 is 1.37 bits per heavy atom. The van der Waals surface area contributed by atoms with Gasteiger partial charge in [-0.1, -0.05) is 12.1 Å². The molecule has 0 atom stereocenters. The zero-order valence-corrected chi connectivity index (χ0v) is 11.7. The number of likely N-dealkylation sites (N-methyl/N-ethyl adjacent to an activating group) is 1. The van der Waals surface area contributed by atoms with E-state index in [-0.39, 0.29) is 5.91 Å². The second-order valence-electron chi connectivity index (χ2n) is 4.49. The van der Waals surface area contributed by atoms with Crippen LogP contribution in [-0.2, 0) is 4.74 Å². The number of nitrogens with one attached hydrogen (secondary N) is 1. The van der Waals surface area contributed by atoms with Crippen molar-refractivity contribution in [3.8, 4) is 0 Å². The molecule has 5 nitrogen and oxygen atoms in total. The van der Waals surface area contributed by atoms with E-state index in [1.165, 1.54) is 0 Å². The highest BCUT2D eigenvalue weighted by molar-refractivity contribution is 5.99. The van der Waals surface area contributed by atoms with Gasteiger partial charge in [0, 0.05) is 39.0 Å². The van der Waals surface area contributed by atoms with E-state index in [1.807, 2.05) is 19.2 Å². The van der Waals surface area contributed by atoms with Crippen LogP contribution in [-0.4, -0.2) is 51.2 Å². The van der Waals surface area contributed by atoms with E-state index in [0.29, 0.717) is 17.8 Å². The number of para-hydroxylation sites is 1. The predicted molar refractivity (Wildman–Crippen MR) is 77.2 cm³/mol. The van der Waals surface area contributed by atoms with Crippen molar-refractivity contribution in [3.63, 3.8) is 0 Å². The van der Waals surface area contributed by atoms with E-state index in [2.05, 4.69) is 10.2 Å². The summed E-state index contributed by atoms with van der Waals surface area (Å²) in [6.07, 6.45) is 0.993. The summed E-state index contributed by atoms with van der Waals surface area (Å²) in [5.74, 6) is -0.122. The van der Waals surface area contributed by atoms with Gasteiger partial charge in [-0.25, -0.2) is 0 Å². The van der Waals surface area contributed by atoms with Gasteiger partial charge in [0.25, 0.3) is 5.91 Å². The number of hydrogen-bond donors (Lipinski definition) is 2. The number of rotatable bonds is 8. The van der Waals surface area contributed by atoms with Crippen molar-refractivity contribution in [2.45, 2.75) is 6.42 Å². The number of nitrogens with zero attached hydrogens (tertiary/aromatic N) is 1. The van der Waals surface area contributed by atoms with Crippen molar-refractivity contribution in [3.05, 3.63) is 29.8 Å². The highest BCUT2D eigenvalue weighted by Crippen LogP contribution is 2.09. The summed E-state index contributed by atoms with van der Waals surface area (Å²) >= 11 is 0. The summed E-state index contributed by atoms with van der Waals surface area (Å²) in [6, 6.07) is 7.08. The second-order valence-corrected chi connectivity index (χ2v) is 4.49. The summed E-state index contributed by atoms with van der Waals surface area (Å²) in [7, 11) is 3.73. The third-order valence-corrected chi connectivity index (χ3v) is 2.87. The quantitative estimate of drug-likeness (QED) is 0.543. The first kappa shape index (κ1) is 15.5. The van der Waals surface area contributed by atoms with Gasteiger partial charge < -0.3 is 20.7 Å². The molecule has 0 aliphatic heterocycles. The Hall–Kier alpha value is -1.59. The lowest BCUT2D eigenvalue weighted by Crippen LogP contribution is -2.33. The second kappa shape index (κ2) is 8.50. The third kappa shape index (κ3) is 5.72. The van der Waals surface area contributed by atoms with Crippen molar-refractivity contribution >= 4 is 11.6 Å². The number of carbonyl (C=O) groups is 1. The number of hydrogen-bond acceptors (Lipinski definition) is 4. The third-order valence-electron chi connectivity index (χ3n) is 2.87. The lowest BCUT2D eigenvalue weighted by atomic mass is 10.1. The van der Waals surface area contributed by atoms with Crippen LogP contribution in [0.2, 0.25) is 0 Å². The van der Waals surface area contributed by atoms with Crippen LogP contribution in [0.5, 0.6) is 0 Å². The zero-order valence-electron chi connectivity index (χ0n) is 11.7. The number of nitrogens with two attached hydrogens (primary N) is 1. The topological polar surface area (TPSA) is 67.6 Å². The predicted octanol–water partition coefficient (Wildman–Crippen LogP) is 0.967. The number of nitrogen functional groups attached to an aromatic ring is 1. The molecule has 1 aromatic rings. The standard InChI is InChI=1S/C14H23N3O2/c1-17(9-5-11-19-2)10-8-16-14(18)12-6-3-4-7-13(12)15/h3-4,6-7H,5,8-11,15H2,1-2H3,(H,16,18). The van der Waals surface area contributed by atoms with Gasteiger partial charge in [-0.05, 0) is 25.6 Å². The largest absolute Gasteiger partial charge is 0.398 e. The molecule has 0 saturated heterocycles. The van der Waals surface area contributed by atoms with Crippen LogP contribution in [0.25, 0.3) is 0 Å². The van der Waals surface area contributed by atoms with Gasteiger partial charge in [-0.2, -0.15) is 0 Å². The lowest BCUT2D eigenvalue weighted by molar-refractivity contribution is 0.0950. The maximum atomic E-state index is 11.9. The molecular formula is C14H23N3O2. The van der Waals surface area contributed by atoms with Crippen LogP contribution in [0.1, 0.15) is 16.8 Å². The Morgan fingerprint density at radius 3 is 2.79 bits per heavy atom. The van der Waals surface area contributed by atoms with Crippen molar-refractivity contribution in [1.29, 1.82) is 0 Å². The maximum Gasteiger partial charge on any atom is 0.253 e. The molecule has 0 bridgehead atoms. The highest BCUT2D eigenvalue weighted by Gasteiger charge is 2.08. The van der Waals surface area contributed by atoms with Gasteiger partial charge in [0.15, 0.2) is 0 Å². The van der Waals surface area contributed by atoms with E-state index >= 15 is 0 Å². The van der Waals surface area contributed by atoms with E-state index in [9.17, 15) is 4.79 Å². The zero-order chi connectivity index (χ0) is 14.1. The van der Waals surface area contributed by atoms with Crippen molar-refractivity contribution < 1.29 is 9.53 Å². The molecule has 3 N–H and O–H groups in total. The van der Waals surface area contributed by atoms with E-state index in [4.69, 9.17) is 10.5 Å². The van der Waals surface area contributed by atoms with Crippen molar-refractivity contribution in [1.82, 2.24) is 10.2 Å². The Labute approximate surface area is 114 Å². The van der Waals surface area contributed by atoms with Gasteiger partial charge in [0.2, 0.25) is 0 Å². The normalized spacial score (nSPS) is 10.7. The molecule has 0 radical (unpaired) electrons. The minimum absolute atomic E-state index is 0.122. The fourth-order valence-electron chi connectivity index (χ4n) is 1.75. The molecular weight excluding hydrogens is 242 g/mol. The molecule has 0 fully saturated rings. The van der Waals surface area contributed by atoms with E-state index in [1.54, 1.807) is 19.2 Å². The van der Waals surface area contributed by atoms with Gasteiger partial charge in [-0.15, -0.1) is 0 Å². The molecule has 1 rings (SSSR count). The first-order valence-electron chi connectivity index (χ1n) is 6.45. The first-order chi connectivity index (χ1) is 9.15. The number of ether oxygens (including phenoxy) is 1. The molecule has 1 amide bonds. The Morgan fingerprint density at radius 2 is 2.11 bits per heavy atom. The molecule has 0 aliphatic rings. The summed E-state index contributed by atoms with van der Waals surface area (Å²) < 4.78 is 5.00. The van der Waals surface area contributed by atoms with Crippen molar-refractivity contribution in [2.75, 3.05) is 46.1 Å². The molecule has 0 aliphatic carbocycles. The van der Waals surface area contributed by atoms with Crippen LogP contribution >= 0.6 is 0 Å². The molecule has 0 aromatic heterocycles. The lowest BCUT2D eigenvalue weighted by Gasteiger charge is -2.16. The summed E-state index contributed by atoms with van der Waals surface area (Å²) in [5, 5.41) is 2.87. The molecule has 0 heterocycles. The smallest absolute Gasteiger partial charge is 0.253 e. The SMILES string of the molecule is COCCCN(C)CCNC(=O)c1ccccc1N. The number of methoxy groups -OCH3 is 1. The molecule has 0 spiro atoms. The Kier molecular flexibility index (Phi) is 6.92. The summed E-state index contributed by atoms with van der Waals surface area (Å²) in [5.41, 5.74) is 6.79. The van der Waals surface area contributed by atoms with Gasteiger partial charge in [-0.3, -0.25) is 4.79 Å². The maximum absolute atomic E-state index is 11.9. The van der Waals surface area contributed by atoms with Crippen LogP contribution in [0, 0.1) is 0 Å². The van der Waals surface area contributed by atoms with Gasteiger partial charge in [0.05, 0.1) is 5.56 Å². The Balaban J connectivity index is 2.26. The molecule has 5 heteroatoms. The fraction of sp³-hybridized carbons (Fsp3) is 0.500. The summed E-state index contributed by atoms with van der Waals surface area (Å²) in [6.45, 7) is 3.13. The number of benzene rings is 1. The van der Waals surface area contributed by atoms with Crippen LogP contribution in [0.3, 0.4) is 0 Å². The van der Waals surface area contributed by atoms with E-state index < -0.39 is 0 Å². The number of carbonyl (C=O) groups excluding carboxylic acids is 1. The fourth-order valence-corrected chi connectivity index (χ4v) is 1.75. The number of amides is 1. The Bertz CT molecular complexity index is 396. The average molecular weight is 265 g/mol.